The SMILES string of the molecule is COc1cc(N2CC(C(=O)NC(C)(C)C)C2)ncn1. The first-order valence-corrected chi connectivity index (χ1v) is 6.32. The van der Waals surface area contributed by atoms with E-state index in [1.54, 1.807) is 13.2 Å². The first-order valence-electron chi connectivity index (χ1n) is 6.32. The maximum atomic E-state index is 11.9. The molecule has 1 amide bonds. The summed E-state index contributed by atoms with van der Waals surface area (Å²) in [6, 6.07) is 1.78. The van der Waals surface area contributed by atoms with E-state index in [1.165, 1.54) is 6.33 Å². The molecule has 0 unspecified atom stereocenters. The lowest BCUT2D eigenvalue weighted by Gasteiger charge is -2.40. The lowest BCUT2D eigenvalue weighted by atomic mass is 9.97. The molecule has 1 N–H and O–H groups in total. The van der Waals surface area contributed by atoms with Gasteiger partial charge in [0.05, 0.1) is 13.0 Å². The van der Waals surface area contributed by atoms with E-state index in [9.17, 15) is 4.79 Å². The maximum absolute atomic E-state index is 11.9. The summed E-state index contributed by atoms with van der Waals surface area (Å²) in [6.07, 6.45) is 1.47. The largest absolute Gasteiger partial charge is 0.481 e. The van der Waals surface area contributed by atoms with Gasteiger partial charge in [-0.1, -0.05) is 0 Å². The predicted molar refractivity (Wildman–Crippen MR) is 72.2 cm³/mol. The van der Waals surface area contributed by atoms with Crippen molar-refractivity contribution in [3.63, 3.8) is 0 Å². The molecule has 2 rings (SSSR count). The van der Waals surface area contributed by atoms with E-state index in [0.717, 1.165) is 5.82 Å². The first-order chi connectivity index (χ1) is 8.89. The van der Waals surface area contributed by atoms with E-state index in [4.69, 9.17) is 4.74 Å². The predicted octanol–water partition coefficient (Wildman–Crippen LogP) is 0.836. The summed E-state index contributed by atoms with van der Waals surface area (Å²) in [7, 11) is 1.57. The number of nitrogens with one attached hydrogen (secondary N) is 1. The molecule has 0 radical (unpaired) electrons. The Morgan fingerprint density at radius 3 is 2.68 bits per heavy atom. The number of anilines is 1. The van der Waals surface area contributed by atoms with Crippen LogP contribution in [0.25, 0.3) is 0 Å². The highest BCUT2D eigenvalue weighted by molar-refractivity contribution is 5.82. The molecule has 2 heterocycles. The molecule has 1 fully saturated rings. The van der Waals surface area contributed by atoms with Crippen molar-refractivity contribution in [2.75, 3.05) is 25.1 Å². The molecule has 1 aliphatic heterocycles. The molecule has 104 valence electrons. The number of rotatable bonds is 3. The molecule has 1 aromatic rings. The van der Waals surface area contributed by atoms with Crippen LogP contribution in [0.3, 0.4) is 0 Å². The quantitative estimate of drug-likeness (QED) is 0.876. The molecule has 0 saturated carbocycles. The number of hydrogen-bond acceptors (Lipinski definition) is 5. The Kier molecular flexibility index (Phi) is 3.59. The Morgan fingerprint density at radius 2 is 2.11 bits per heavy atom. The minimum absolute atomic E-state index is 0.0279. The third-order valence-corrected chi connectivity index (χ3v) is 2.91. The molecule has 0 aromatic carbocycles. The normalized spacial score (nSPS) is 15.9. The smallest absolute Gasteiger partial charge is 0.227 e. The fraction of sp³-hybridized carbons (Fsp3) is 0.615. The average molecular weight is 264 g/mol. The number of carbonyl (C=O) groups is 1. The van der Waals surface area contributed by atoms with Crippen LogP contribution in [-0.4, -0.2) is 41.6 Å². The van der Waals surface area contributed by atoms with E-state index in [-0.39, 0.29) is 17.4 Å². The molecular formula is C13H20N4O2. The van der Waals surface area contributed by atoms with Crippen LogP contribution >= 0.6 is 0 Å². The van der Waals surface area contributed by atoms with Gasteiger partial charge in [0.25, 0.3) is 0 Å². The number of carbonyl (C=O) groups excluding carboxylic acids is 1. The maximum Gasteiger partial charge on any atom is 0.227 e. The number of ether oxygens (including phenoxy) is 1. The second-order valence-electron chi connectivity index (χ2n) is 5.76. The van der Waals surface area contributed by atoms with Crippen LogP contribution in [0.4, 0.5) is 5.82 Å². The van der Waals surface area contributed by atoms with Crippen molar-refractivity contribution >= 4 is 11.7 Å². The Labute approximate surface area is 113 Å². The minimum Gasteiger partial charge on any atom is -0.481 e. The molecule has 0 spiro atoms. The van der Waals surface area contributed by atoms with Gasteiger partial charge in [-0.2, -0.15) is 0 Å². The van der Waals surface area contributed by atoms with Crippen LogP contribution in [0, 0.1) is 5.92 Å². The van der Waals surface area contributed by atoms with Crippen molar-refractivity contribution in [1.82, 2.24) is 15.3 Å². The Morgan fingerprint density at radius 1 is 1.42 bits per heavy atom. The highest BCUT2D eigenvalue weighted by atomic mass is 16.5. The molecule has 6 heteroatoms. The van der Waals surface area contributed by atoms with Crippen LogP contribution < -0.4 is 15.0 Å². The van der Waals surface area contributed by atoms with Gasteiger partial charge in [0.15, 0.2) is 0 Å². The van der Waals surface area contributed by atoms with E-state index in [2.05, 4.69) is 15.3 Å². The van der Waals surface area contributed by atoms with E-state index < -0.39 is 0 Å². The van der Waals surface area contributed by atoms with E-state index in [1.807, 2.05) is 25.7 Å². The summed E-state index contributed by atoms with van der Waals surface area (Å²) in [5, 5.41) is 2.99. The second kappa shape index (κ2) is 5.03. The van der Waals surface area contributed by atoms with Crippen molar-refractivity contribution in [3.05, 3.63) is 12.4 Å². The fourth-order valence-corrected chi connectivity index (χ4v) is 1.92. The van der Waals surface area contributed by atoms with Crippen molar-refractivity contribution in [2.24, 2.45) is 5.92 Å². The lowest BCUT2D eigenvalue weighted by molar-refractivity contribution is -0.127. The molecular weight excluding hydrogens is 244 g/mol. The van der Waals surface area contributed by atoms with Gasteiger partial charge in [0.2, 0.25) is 11.8 Å². The molecule has 19 heavy (non-hydrogen) atoms. The van der Waals surface area contributed by atoms with Crippen molar-refractivity contribution in [3.8, 4) is 5.88 Å². The standard InChI is InChI=1S/C13H20N4O2/c1-13(2,3)16-12(18)9-6-17(7-9)10-5-11(19-4)15-8-14-10/h5,8-9H,6-7H2,1-4H3,(H,16,18). The van der Waals surface area contributed by atoms with E-state index in [0.29, 0.717) is 19.0 Å². The van der Waals surface area contributed by atoms with Crippen molar-refractivity contribution < 1.29 is 9.53 Å². The molecule has 0 atom stereocenters. The number of aromatic nitrogens is 2. The summed E-state index contributed by atoms with van der Waals surface area (Å²) in [5.41, 5.74) is -0.185. The topological polar surface area (TPSA) is 67.3 Å². The van der Waals surface area contributed by atoms with Gasteiger partial charge in [0.1, 0.15) is 12.1 Å². The zero-order valence-corrected chi connectivity index (χ0v) is 11.8. The third kappa shape index (κ3) is 3.33. The monoisotopic (exact) mass is 264 g/mol. The first kappa shape index (κ1) is 13.6. The molecule has 1 aliphatic rings. The average Bonchev–Trinajstić information content (AvgIpc) is 2.25. The van der Waals surface area contributed by atoms with Gasteiger partial charge in [-0.05, 0) is 20.8 Å². The van der Waals surface area contributed by atoms with E-state index >= 15 is 0 Å². The van der Waals surface area contributed by atoms with Gasteiger partial charge in [0, 0.05) is 24.7 Å². The highest BCUT2D eigenvalue weighted by Gasteiger charge is 2.34. The molecule has 1 saturated heterocycles. The Balaban J connectivity index is 1.90. The second-order valence-corrected chi connectivity index (χ2v) is 5.76. The van der Waals surface area contributed by atoms with Crippen LogP contribution in [0.2, 0.25) is 0 Å². The molecule has 1 aromatic heterocycles. The fourth-order valence-electron chi connectivity index (χ4n) is 1.92. The summed E-state index contributed by atoms with van der Waals surface area (Å²) in [6.45, 7) is 7.31. The van der Waals surface area contributed by atoms with Gasteiger partial charge < -0.3 is 15.0 Å². The zero-order valence-electron chi connectivity index (χ0n) is 11.8. The van der Waals surface area contributed by atoms with Gasteiger partial charge in [-0.25, -0.2) is 9.97 Å². The van der Waals surface area contributed by atoms with Crippen LogP contribution in [-0.2, 0) is 4.79 Å². The number of amides is 1. The van der Waals surface area contributed by atoms with Crippen LogP contribution in [0.1, 0.15) is 20.8 Å². The van der Waals surface area contributed by atoms with Gasteiger partial charge >= 0.3 is 0 Å². The van der Waals surface area contributed by atoms with Gasteiger partial charge in [-0.15, -0.1) is 0 Å². The van der Waals surface area contributed by atoms with Gasteiger partial charge in [-0.3, -0.25) is 4.79 Å². The minimum atomic E-state index is -0.185. The Bertz CT molecular complexity index is 464. The van der Waals surface area contributed by atoms with Crippen molar-refractivity contribution in [1.29, 1.82) is 0 Å². The highest BCUT2D eigenvalue weighted by Crippen LogP contribution is 2.24. The number of methoxy groups -OCH3 is 1. The third-order valence-electron chi connectivity index (χ3n) is 2.91. The van der Waals surface area contributed by atoms with Crippen LogP contribution in [0.5, 0.6) is 5.88 Å². The lowest BCUT2D eigenvalue weighted by Crippen LogP contribution is -2.56. The Hall–Kier alpha value is -1.85. The summed E-state index contributed by atoms with van der Waals surface area (Å²) < 4.78 is 5.06. The molecule has 6 nitrogen and oxygen atoms in total. The summed E-state index contributed by atoms with van der Waals surface area (Å²) in [4.78, 5) is 22.1. The number of nitrogens with zero attached hydrogens (tertiary/aromatic N) is 3. The molecule has 0 bridgehead atoms. The number of hydrogen-bond donors (Lipinski definition) is 1. The van der Waals surface area contributed by atoms with Crippen molar-refractivity contribution in [2.45, 2.75) is 26.3 Å². The zero-order chi connectivity index (χ0) is 14.0. The van der Waals surface area contributed by atoms with Crippen LogP contribution in [0.15, 0.2) is 12.4 Å². The summed E-state index contributed by atoms with van der Waals surface area (Å²) >= 11 is 0. The summed E-state index contributed by atoms with van der Waals surface area (Å²) in [5.74, 6) is 1.46. The molecule has 0 aliphatic carbocycles.